The van der Waals surface area contributed by atoms with Gasteiger partial charge in [-0.2, -0.15) is 0 Å². The molecule has 1 aliphatic heterocycles. The molecule has 0 saturated carbocycles. The highest BCUT2D eigenvalue weighted by Crippen LogP contribution is 2.22. The highest BCUT2D eigenvalue weighted by molar-refractivity contribution is 5.81. The highest BCUT2D eigenvalue weighted by Gasteiger charge is 2.22. The van der Waals surface area contributed by atoms with Crippen LogP contribution in [0.4, 0.5) is 0 Å². The number of hydrogen-bond donors (Lipinski definition) is 1. The van der Waals surface area contributed by atoms with Crippen molar-refractivity contribution >= 4 is 10.9 Å². The van der Waals surface area contributed by atoms with Crippen LogP contribution in [0.1, 0.15) is 11.3 Å². The first-order valence-corrected chi connectivity index (χ1v) is 8.99. The molecule has 1 N–H and O–H groups in total. The molecule has 2 aromatic heterocycles. The molecule has 0 bridgehead atoms. The van der Waals surface area contributed by atoms with E-state index in [0.29, 0.717) is 5.92 Å². The van der Waals surface area contributed by atoms with Crippen LogP contribution in [0.25, 0.3) is 10.9 Å². The lowest BCUT2D eigenvalue weighted by molar-refractivity contribution is 0.246. The molecular weight excluding hydrogens is 310 g/mol. The Kier molecular flexibility index (Phi) is 4.76. The number of fused-ring (bicyclic) bond motifs is 1. The number of aromatic amines is 1. The second kappa shape index (κ2) is 7.33. The van der Waals surface area contributed by atoms with Crippen LogP contribution in [0.2, 0.25) is 0 Å². The van der Waals surface area contributed by atoms with Crippen LogP contribution in [0.3, 0.4) is 0 Å². The second-order valence-electron chi connectivity index (χ2n) is 7.13. The third-order valence-corrected chi connectivity index (χ3v) is 5.08. The number of benzene rings is 1. The summed E-state index contributed by atoms with van der Waals surface area (Å²) >= 11 is 0. The molecule has 0 unspecified atom stereocenters. The van der Waals surface area contributed by atoms with Crippen molar-refractivity contribution in [2.75, 3.05) is 33.2 Å². The largest absolute Gasteiger partial charge is 0.347 e. The van der Waals surface area contributed by atoms with Gasteiger partial charge in [-0.3, -0.25) is 9.88 Å². The van der Waals surface area contributed by atoms with Gasteiger partial charge < -0.3 is 9.88 Å². The molecule has 0 radical (unpaired) electrons. The third kappa shape index (κ3) is 3.89. The van der Waals surface area contributed by atoms with Gasteiger partial charge in [0.25, 0.3) is 0 Å². The van der Waals surface area contributed by atoms with E-state index in [2.05, 4.69) is 56.1 Å². The van der Waals surface area contributed by atoms with Crippen molar-refractivity contribution in [2.45, 2.75) is 13.0 Å². The van der Waals surface area contributed by atoms with Gasteiger partial charge in [0.05, 0.1) is 11.8 Å². The number of hydrogen-bond acceptors (Lipinski definition) is 4. The van der Waals surface area contributed by atoms with E-state index in [1.807, 2.05) is 18.5 Å². The van der Waals surface area contributed by atoms with E-state index in [4.69, 9.17) is 0 Å². The number of nitrogens with zero attached hydrogens (tertiary/aromatic N) is 4. The number of likely N-dealkylation sites (N-methyl/N-ethyl adjacent to an activating group) is 1. The average molecular weight is 335 g/mol. The highest BCUT2D eigenvalue weighted by atomic mass is 15.2. The van der Waals surface area contributed by atoms with Gasteiger partial charge >= 0.3 is 0 Å². The lowest BCUT2D eigenvalue weighted by Gasteiger charge is -2.24. The third-order valence-electron chi connectivity index (χ3n) is 5.08. The van der Waals surface area contributed by atoms with Gasteiger partial charge in [-0.1, -0.05) is 18.2 Å². The number of pyridine rings is 1. The normalized spacial score (nSPS) is 20.0. The number of imidazole rings is 1. The topological polar surface area (TPSA) is 48.0 Å². The van der Waals surface area contributed by atoms with E-state index >= 15 is 0 Å². The van der Waals surface area contributed by atoms with E-state index in [1.165, 1.54) is 16.6 Å². The maximum atomic E-state index is 4.50. The summed E-state index contributed by atoms with van der Waals surface area (Å²) in [6.07, 6.45) is 6.66. The van der Waals surface area contributed by atoms with Gasteiger partial charge in [-0.15, -0.1) is 0 Å². The molecule has 0 spiro atoms. The zero-order valence-electron chi connectivity index (χ0n) is 14.7. The minimum atomic E-state index is 0.612. The molecule has 5 heteroatoms. The summed E-state index contributed by atoms with van der Waals surface area (Å²) in [6, 6.07) is 10.7. The monoisotopic (exact) mass is 335 g/mol. The molecule has 1 saturated heterocycles. The van der Waals surface area contributed by atoms with E-state index < -0.39 is 0 Å². The quantitative estimate of drug-likeness (QED) is 0.796. The molecule has 5 nitrogen and oxygen atoms in total. The van der Waals surface area contributed by atoms with E-state index in [9.17, 15) is 0 Å². The van der Waals surface area contributed by atoms with Crippen molar-refractivity contribution in [3.05, 3.63) is 60.3 Å². The fourth-order valence-electron chi connectivity index (χ4n) is 3.90. The first kappa shape index (κ1) is 16.2. The Morgan fingerprint density at radius 3 is 3.00 bits per heavy atom. The van der Waals surface area contributed by atoms with E-state index in [0.717, 1.165) is 44.7 Å². The molecule has 0 aliphatic carbocycles. The first-order valence-electron chi connectivity index (χ1n) is 8.99. The molecule has 3 aromatic rings. The zero-order valence-corrected chi connectivity index (χ0v) is 14.7. The summed E-state index contributed by atoms with van der Waals surface area (Å²) in [6.45, 7) is 5.41. The van der Waals surface area contributed by atoms with Crippen molar-refractivity contribution in [3.8, 4) is 0 Å². The van der Waals surface area contributed by atoms with Crippen LogP contribution in [-0.2, 0) is 13.0 Å². The molecule has 1 fully saturated rings. The summed E-state index contributed by atoms with van der Waals surface area (Å²) < 4.78 is 0. The fourth-order valence-corrected chi connectivity index (χ4v) is 3.90. The Morgan fingerprint density at radius 2 is 2.12 bits per heavy atom. The van der Waals surface area contributed by atoms with Crippen LogP contribution < -0.4 is 0 Å². The predicted molar refractivity (Wildman–Crippen MR) is 100 cm³/mol. The molecule has 3 heterocycles. The van der Waals surface area contributed by atoms with E-state index in [1.54, 1.807) is 6.33 Å². The van der Waals surface area contributed by atoms with Gasteiger partial charge in [0.1, 0.15) is 0 Å². The average Bonchev–Trinajstić information content (AvgIpc) is 3.06. The van der Waals surface area contributed by atoms with Crippen molar-refractivity contribution in [2.24, 2.45) is 5.92 Å². The van der Waals surface area contributed by atoms with Crippen molar-refractivity contribution in [1.29, 1.82) is 0 Å². The molecule has 1 atom stereocenters. The smallest absolute Gasteiger partial charge is 0.0922 e. The van der Waals surface area contributed by atoms with Crippen molar-refractivity contribution in [1.82, 2.24) is 24.8 Å². The Balaban J connectivity index is 1.53. The maximum Gasteiger partial charge on any atom is 0.0922 e. The molecular formula is C20H25N5. The second-order valence-corrected chi connectivity index (χ2v) is 7.13. The Bertz CT molecular complexity index is 809. The summed E-state index contributed by atoms with van der Waals surface area (Å²) in [7, 11) is 2.23. The van der Waals surface area contributed by atoms with Gasteiger partial charge in [0.2, 0.25) is 0 Å². The lowest BCUT2D eigenvalue weighted by atomic mass is 9.95. The number of nitrogens with one attached hydrogen (secondary N) is 1. The lowest BCUT2D eigenvalue weighted by Crippen LogP contribution is -2.30. The molecule has 130 valence electrons. The fraction of sp³-hybridized carbons (Fsp3) is 0.400. The molecule has 0 amide bonds. The van der Waals surface area contributed by atoms with Gasteiger partial charge in [0.15, 0.2) is 0 Å². The van der Waals surface area contributed by atoms with Gasteiger partial charge in [0, 0.05) is 56.2 Å². The van der Waals surface area contributed by atoms with Crippen LogP contribution in [0.5, 0.6) is 0 Å². The van der Waals surface area contributed by atoms with Gasteiger partial charge in [-0.05, 0) is 37.1 Å². The van der Waals surface area contributed by atoms with Crippen molar-refractivity contribution in [3.63, 3.8) is 0 Å². The predicted octanol–water partition coefficient (Wildman–Crippen LogP) is 2.56. The summed E-state index contributed by atoms with van der Waals surface area (Å²) in [5.74, 6) is 0.612. The number of rotatable bonds is 4. The maximum absolute atomic E-state index is 4.50. The summed E-state index contributed by atoms with van der Waals surface area (Å²) in [5.41, 5.74) is 3.70. The van der Waals surface area contributed by atoms with Crippen LogP contribution in [0, 0.1) is 5.92 Å². The SMILES string of the molecule is CN1CCN(Cc2cnc[nH]2)C[C@H](Cc2cccc3ncccc23)C1. The zero-order chi connectivity index (χ0) is 17.1. The van der Waals surface area contributed by atoms with E-state index in [-0.39, 0.29) is 0 Å². The van der Waals surface area contributed by atoms with Crippen LogP contribution in [-0.4, -0.2) is 58.0 Å². The molecule has 4 rings (SSSR count). The molecule has 1 aromatic carbocycles. The van der Waals surface area contributed by atoms with Gasteiger partial charge in [-0.25, -0.2) is 4.98 Å². The van der Waals surface area contributed by atoms with Crippen LogP contribution in [0.15, 0.2) is 49.1 Å². The Morgan fingerprint density at radius 1 is 1.16 bits per heavy atom. The minimum absolute atomic E-state index is 0.612. The number of H-pyrrole nitrogens is 1. The van der Waals surface area contributed by atoms with Crippen molar-refractivity contribution < 1.29 is 0 Å². The first-order chi connectivity index (χ1) is 12.3. The van der Waals surface area contributed by atoms with Crippen LogP contribution >= 0.6 is 0 Å². The molecule has 25 heavy (non-hydrogen) atoms. The Labute approximate surface area is 148 Å². The Hall–Kier alpha value is -2.24. The number of aromatic nitrogens is 3. The molecule has 1 aliphatic rings. The standard InChI is InChI=1S/C20H25N5/c1-24-8-9-25(14-18-11-21-15-23-18)13-16(12-24)10-17-4-2-6-20-19(17)5-3-7-22-20/h2-7,11,15-16H,8-10,12-14H2,1H3,(H,21,23)/t16-/m1/s1. The summed E-state index contributed by atoms with van der Waals surface area (Å²) in [4.78, 5) is 16.9. The summed E-state index contributed by atoms with van der Waals surface area (Å²) in [5, 5.41) is 1.29. The minimum Gasteiger partial charge on any atom is -0.347 e.